The van der Waals surface area contributed by atoms with E-state index < -0.39 is 7.60 Å². The Morgan fingerprint density at radius 1 is 1.33 bits per heavy atom. The standard InChI is InChI=1S/C13H21N6O4P/c1-4-14-7-15-12-11-13(17-8-16-12)19(9-18-11)5-6-23-10-24(20,21-2)22-3/h7-9H,4-6,10H2,1-3H3,(H,14,15,16,17). The predicted molar refractivity (Wildman–Crippen MR) is 90.4 cm³/mol. The van der Waals surface area contributed by atoms with Crippen LogP contribution in [-0.4, -0.2) is 59.6 Å². The number of hydrogen-bond acceptors (Lipinski definition) is 8. The van der Waals surface area contributed by atoms with E-state index in [-0.39, 0.29) is 6.35 Å². The van der Waals surface area contributed by atoms with Gasteiger partial charge in [-0.25, -0.2) is 15.0 Å². The van der Waals surface area contributed by atoms with E-state index in [0.717, 1.165) is 0 Å². The van der Waals surface area contributed by atoms with Gasteiger partial charge in [0.05, 0.1) is 19.3 Å². The lowest BCUT2D eigenvalue weighted by atomic mass is 10.5. The van der Waals surface area contributed by atoms with Gasteiger partial charge in [-0.15, -0.1) is 0 Å². The summed E-state index contributed by atoms with van der Waals surface area (Å²) in [7, 11) is -0.509. The van der Waals surface area contributed by atoms with E-state index in [0.29, 0.717) is 36.7 Å². The fraction of sp³-hybridized carbons (Fsp3) is 0.538. The Kier molecular flexibility index (Phi) is 6.80. The highest BCUT2D eigenvalue weighted by Crippen LogP contribution is 2.45. The van der Waals surface area contributed by atoms with Gasteiger partial charge in [0.1, 0.15) is 12.7 Å². The Balaban J connectivity index is 1.99. The maximum Gasteiger partial charge on any atom is 0.355 e. The Labute approximate surface area is 139 Å². The molecule has 0 aliphatic rings. The van der Waals surface area contributed by atoms with Crippen LogP contribution in [0.1, 0.15) is 6.92 Å². The minimum absolute atomic E-state index is 0.109. The van der Waals surface area contributed by atoms with Gasteiger partial charge in [0.15, 0.2) is 17.0 Å². The van der Waals surface area contributed by atoms with Gasteiger partial charge in [0.25, 0.3) is 0 Å². The van der Waals surface area contributed by atoms with Crippen molar-refractivity contribution in [1.29, 1.82) is 0 Å². The first-order valence-electron chi connectivity index (χ1n) is 7.32. The number of aromatic nitrogens is 4. The number of aliphatic imine (C=N–C) groups is 1. The molecule has 2 heterocycles. The molecule has 10 nitrogen and oxygen atoms in total. The average molecular weight is 356 g/mol. The van der Waals surface area contributed by atoms with Crippen molar-refractivity contribution in [3.8, 4) is 0 Å². The summed E-state index contributed by atoms with van der Waals surface area (Å²) in [6, 6.07) is 0. The lowest BCUT2D eigenvalue weighted by Gasteiger charge is -2.13. The third-order valence-corrected chi connectivity index (χ3v) is 4.77. The molecule has 0 unspecified atom stereocenters. The van der Waals surface area contributed by atoms with E-state index in [1.165, 1.54) is 20.5 Å². The van der Waals surface area contributed by atoms with Crippen LogP contribution >= 0.6 is 7.60 Å². The van der Waals surface area contributed by atoms with Crippen LogP contribution in [0.4, 0.5) is 5.82 Å². The minimum atomic E-state index is -3.16. The molecule has 0 atom stereocenters. The fourth-order valence-corrected chi connectivity index (χ4v) is 2.58. The normalized spacial score (nSPS) is 12.3. The topological polar surface area (TPSA) is 113 Å². The van der Waals surface area contributed by atoms with Crippen molar-refractivity contribution >= 4 is 30.9 Å². The first kappa shape index (κ1) is 18.5. The number of hydrogen-bond donors (Lipinski definition) is 1. The summed E-state index contributed by atoms with van der Waals surface area (Å²) >= 11 is 0. The van der Waals surface area contributed by atoms with Crippen LogP contribution in [0.15, 0.2) is 17.6 Å². The molecule has 2 aromatic heterocycles. The van der Waals surface area contributed by atoms with Crippen molar-refractivity contribution in [2.75, 3.05) is 39.0 Å². The second kappa shape index (κ2) is 8.84. The van der Waals surface area contributed by atoms with E-state index in [1.807, 2.05) is 11.5 Å². The molecular weight excluding hydrogens is 335 g/mol. The zero-order valence-electron chi connectivity index (χ0n) is 13.9. The number of nitrogens with zero attached hydrogens (tertiary/aromatic N) is 5. The molecule has 0 spiro atoms. The van der Waals surface area contributed by atoms with Gasteiger partial charge >= 0.3 is 7.60 Å². The third kappa shape index (κ3) is 4.57. The van der Waals surface area contributed by atoms with Crippen LogP contribution in [0, 0.1) is 0 Å². The number of fused-ring (bicyclic) bond motifs is 1. The number of anilines is 1. The highest BCUT2D eigenvalue weighted by Gasteiger charge is 2.21. The van der Waals surface area contributed by atoms with Crippen LogP contribution < -0.4 is 5.32 Å². The zero-order chi connectivity index (χ0) is 17.4. The molecule has 2 rings (SSSR count). The Hall–Kier alpha value is -1.87. The van der Waals surface area contributed by atoms with E-state index in [4.69, 9.17) is 13.8 Å². The van der Waals surface area contributed by atoms with Crippen molar-refractivity contribution in [2.24, 2.45) is 4.99 Å². The van der Waals surface area contributed by atoms with Gasteiger partial charge < -0.3 is 23.7 Å². The van der Waals surface area contributed by atoms with Crippen LogP contribution in [-0.2, 0) is 24.9 Å². The van der Waals surface area contributed by atoms with Crippen molar-refractivity contribution in [3.63, 3.8) is 0 Å². The molecule has 0 bridgehead atoms. The fourth-order valence-electron chi connectivity index (χ4n) is 1.87. The van der Waals surface area contributed by atoms with Gasteiger partial charge in [-0.05, 0) is 6.92 Å². The van der Waals surface area contributed by atoms with Gasteiger partial charge in [-0.3, -0.25) is 9.56 Å². The minimum Gasteiger partial charge on any atom is -0.367 e. The number of rotatable bonds is 10. The highest BCUT2D eigenvalue weighted by molar-refractivity contribution is 7.53. The summed E-state index contributed by atoms with van der Waals surface area (Å²) in [4.78, 5) is 16.8. The molecule has 11 heteroatoms. The predicted octanol–water partition coefficient (Wildman–Crippen LogP) is 1.75. The molecule has 0 saturated carbocycles. The molecule has 0 aliphatic heterocycles. The lowest BCUT2D eigenvalue weighted by Crippen LogP contribution is -2.08. The lowest BCUT2D eigenvalue weighted by molar-refractivity contribution is 0.139. The molecule has 0 saturated heterocycles. The largest absolute Gasteiger partial charge is 0.367 e. The van der Waals surface area contributed by atoms with Crippen molar-refractivity contribution in [2.45, 2.75) is 13.5 Å². The van der Waals surface area contributed by atoms with E-state index in [1.54, 1.807) is 12.7 Å². The first-order chi connectivity index (χ1) is 11.6. The van der Waals surface area contributed by atoms with Gasteiger partial charge in [-0.1, -0.05) is 0 Å². The molecule has 0 amide bonds. The summed E-state index contributed by atoms with van der Waals surface area (Å²) in [5, 5.41) is 2.98. The summed E-state index contributed by atoms with van der Waals surface area (Å²) in [5.41, 5.74) is 1.31. The number of nitrogens with one attached hydrogen (secondary N) is 1. The van der Waals surface area contributed by atoms with E-state index >= 15 is 0 Å². The molecule has 24 heavy (non-hydrogen) atoms. The smallest absolute Gasteiger partial charge is 0.355 e. The van der Waals surface area contributed by atoms with Crippen LogP contribution in [0.2, 0.25) is 0 Å². The van der Waals surface area contributed by atoms with Crippen molar-refractivity contribution in [1.82, 2.24) is 19.5 Å². The quantitative estimate of drug-likeness (QED) is 0.296. The molecule has 1 N–H and O–H groups in total. The Bertz CT molecular complexity index is 726. The Morgan fingerprint density at radius 2 is 2.12 bits per heavy atom. The molecule has 2 aromatic rings. The van der Waals surface area contributed by atoms with Crippen molar-refractivity contribution in [3.05, 3.63) is 12.7 Å². The SMILES string of the molecule is CCN=CNc1ncnc2c1ncn2CCOCP(=O)(OC)OC. The Morgan fingerprint density at radius 3 is 2.83 bits per heavy atom. The summed E-state index contributed by atoms with van der Waals surface area (Å²) < 4.78 is 28.7. The third-order valence-electron chi connectivity index (χ3n) is 3.16. The summed E-state index contributed by atoms with van der Waals surface area (Å²) in [6.07, 6.45) is 4.57. The summed E-state index contributed by atoms with van der Waals surface area (Å²) in [5.74, 6) is 0.583. The highest BCUT2D eigenvalue weighted by atomic mass is 31.2. The number of ether oxygens (including phenoxy) is 1. The molecule has 132 valence electrons. The van der Waals surface area contributed by atoms with E-state index in [9.17, 15) is 4.57 Å². The van der Waals surface area contributed by atoms with Crippen LogP contribution in [0.5, 0.6) is 0 Å². The van der Waals surface area contributed by atoms with Crippen LogP contribution in [0.3, 0.4) is 0 Å². The average Bonchev–Trinajstić information content (AvgIpc) is 3.03. The summed E-state index contributed by atoms with van der Waals surface area (Å²) in [6.45, 7) is 3.42. The monoisotopic (exact) mass is 356 g/mol. The van der Waals surface area contributed by atoms with E-state index in [2.05, 4.69) is 25.3 Å². The second-order valence-corrected chi connectivity index (χ2v) is 6.83. The second-order valence-electron chi connectivity index (χ2n) is 4.62. The maximum atomic E-state index is 11.9. The van der Waals surface area contributed by atoms with Gasteiger partial charge in [-0.2, -0.15) is 0 Å². The molecule has 0 aliphatic carbocycles. The maximum absolute atomic E-state index is 11.9. The first-order valence-corrected chi connectivity index (χ1v) is 9.05. The molecule has 0 fully saturated rings. The molecule has 0 radical (unpaired) electrons. The number of imidazole rings is 1. The van der Waals surface area contributed by atoms with Crippen LogP contribution in [0.25, 0.3) is 11.2 Å². The van der Waals surface area contributed by atoms with Crippen molar-refractivity contribution < 1.29 is 18.3 Å². The molecular formula is C13H21N6O4P. The molecule has 0 aromatic carbocycles. The van der Waals surface area contributed by atoms with Gasteiger partial charge in [0, 0.05) is 27.3 Å². The zero-order valence-corrected chi connectivity index (χ0v) is 14.8. The van der Waals surface area contributed by atoms with Gasteiger partial charge in [0.2, 0.25) is 0 Å².